The van der Waals surface area contributed by atoms with Crippen LogP contribution in [-0.4, -0.2) is 37.1 Å². The lowest BCUT2D eigenvalue weighted by atomic mass is 10.0. The molecule has 0 radical (unpaired) electrons. The number of nitrogens with two attached hydrogens (primary N) is 1. The summed E-state index contributed by atoms with van der Waals surface area (Å²) in [5.41, 5.74) is 3.69. The number of halogens is 4. The maximum atomic E-state index is 13.3. The number of carbonyl (C=O) groups excluding carboxylic acids is 1. The summed E-state index contributed by atoms with van der Waals surface area (Å²) in [6.07, 6.45) is -4.80. The van der Waals surface area contributed by atoms with Crippen molar-refractivity contribution in [1.82, 2.24) is 4.90 Å². The number of nitrogen functional groups attached to an aromatic ring is 1. The lowest BCUT2D eigenvalue weighted by Crippen LogP contribution is -2.28. The van der Waals surface area contributed by atoms with Gasteiger partial charge in [0.1, 0.15) is 0 Å². The molecule has 3 N–H and O–H groups in total. The molecule has 0 spiro atoms. The van der Waals surface area contributed by atoms with Crippen LogP contribution < -0.4 is 5.73 Å². The molecule has 0 heterocycles. The number of nitrogens with zero attached hydrogens (tertiary/aromatic N) is 1. The van der Waals surface area contributed by atoms with E-state index in [0.29, 0.717) is 6.07 Å². The fourth-order valence-corrected chi connectivity index (χ4v) is 4.21. The quantitative estimate of drug-likeness (QED) is 0.637. The summed E-state index contributed by atoms with van der Waals surface area (Å²) < 4.78 is 64.4. The molecular weight excluding hydrogens is 445 g/mol. The van der Waals surface area contributed by atoms with Crippen molar-refractivity contribution < 1.29 is 31.5 Å². The summed E-state index contributed by atoms with van der Waals surface area (Å²) in [5, 5.41) is 9.42. The maximum Gasteiger partial charge on any atom is 0.416 e. The first-order valence-corrected chi connectivity index (χ1v) is 10.7. The van der Waals surface area contributed by atoms with Crippen molar-refractivity contribution >= 4 is 33.0 Å². The van der Waals surface area contributed by atoms with Crippen LogP contribution in [0, 0.1) is 0 Å². The van der Waals surface area contributed by atoms with Gasteiger partial charge in [0.25, 0.3) is 5.91 Å². The first-order chi connectivity index (χ1) is 13.8. The van der Waals surface area contributed by atoms with Crippen LogP contribution in [0.1, 0.15) is 34.0 Å². The van der Waals surface area contributed by atoms with Crippen LogP contribution in [0.5, 0.6) is 0 Å². The topological polar surface area (TPSA) is 101 Å². The molecule has 0 aromatic heterocycles. The Bertz CT molecular complexity index is 1070. The Morgan fingerprint density at radius 1 is 1.20 bits per heavy atom. The van der Waals surface area contributed by atoms with Crippen molar-refractivity contribution in [2.75, 3.05) is 18.5 Å². The SMILES string of the molecule is CCS(=O)(=O)c1ccc(Cl)cc1CN(C)C(=O)c1cc(C(F)(F)F)c(CO)cc1N. The second-order valence-corrected chi connectivity index (χ2v) is 9.25. The van der Waals surface area contributed by atoms with Crippen molar-refractivity contribution in [2.45, 2.75) is 31.1 Å². The highest BCUT2D eigenvalue weighted by Gasteiger charge is 2.35. The molecule has 0 unspecified atom stereocenters. The summed E-state index contributed by atoms with van der Waals surface area (Å²) in [6.45, 7) is 0.339. The van der Waals surface area contributed by atoms with Crippen LogP contribution in [0.3, 0.4) is 0 Å². The summed E-state index contributed by atoms with van der Waals surface area (Å²) in [6, 6.07) is 5.59. The number of aliphatic hydroxyl groups is 1. The van der Waals surface area contributed by atoms with Crippen molar-refractivity contribution in [3.63, 3.8) is 0 Å². The highest BCUT2D eigenvalue weighted by atomic mass is 35.5. The van der Waals surface area contributed by atoms with Crippen LogP contribution >= 0.6 is 11.6 Å². The number of aliphatic hydroxyl groups excluding tert-OH is 1. The minimum absolute atomic E-state index is 0.0198. The second-order valence-electron chi connectivity index (χ2n) is 6.57. The zero-order valence-corrected chi connectivity index (χ0v) is 17.7. The largest absolute Gasteiger partial charge is 0.416 e. The highest BCUT2D eigenvalue weighted by Crippen LogP contribution is 2.35. The maximum absolute atomic E-state index is 13.3. The molecule has 0 aliphatic rings. The van der Waals surface area contributed by atoms with Gasteiger partial charge >= 0.3 is 6.18 Å². The smallest absolute Gasteiger partial charge is 0.398 e. The predicted octanol–water partition coefficient (Wildman–Crippen LogP) is 3.50. The number of sulfone groups is 1. The van der Waals surface area contributed by atoms with Gasteiger partial charge in [-0.2, -0.15) is 13.2 Å². The first kappa shape index (κ1) is 24.0. The molecule has 0 aliphatic heterocycles. The summed E-state index contributed by atoms with van der Waals surface area (Å²) in [4.78, 5) is 13.8. The number of carbonyl (C=O) groups is 1. The molecule has 1 amide bonds. The summed E-state index contributed by atoms with van der Waals surface area (Å²) in [5.74, 6) is -1.02. The Morgan fingerprint density at radius 3 is 2.37 bits per heavy atom. The molecule has 164 valence electrons. The average Bonchev–Trinajstić information content (AvgIpc) is 2.66. The number of hydrogen-bond acceptors (Lipinski definition) is 5. The van der Waals surface area contributed by atoms with E-state index in [2.05, 4.69) is 0 Å². The van der Waals surface area contributed by atoms with Gasteiger partial charge in [-0.05, 0) is 41.5 Å². The zero-order valence-electron chi connectivity index (χ0n) is 16.1. The Hall–Kier alpha value is -2.30. The second kappa shape index (κ2) is 8.83. The van der Waals surface area contributed by atoms with E-state index in [1.165, 1.54) is 32.2 Å². The van der Waals surface area contributed by atoms with Gasteiger partial charge in [-0.1, -0.05) is 18.5 Å². The first-order valence-electron chi connectivity index (χ1n) is 8.69. The Kier molecular flexibility index (Phi) is 7.05. The minimum atomic E-state index is -4.80. The molecule has 6 nitrogen and oxygen atoms in total. The van der Waals surface area contributed by atoms with Crippen molar-refractivity contribution in [1.29, 1.82) is 0 Å². The number of amides is 1. The Labute approximate surface area is 177 Å². The van der Waals surface area contributed by atoms with Gasteiger partial charge in [0.15, 0.2) is 9.84 Å². The van der Waals surface area contributed by atoms with Gasteiger partial charge in [-0.25, -0.2) is 8.42 Å². The van der Waals surface area contributed by atoms with Crippen LogP contribution in [-0.2, 0) is 29.2 Å². The summed E-state index contributed by atoms with van der Waals surface area (Å²) in [7, 11) is -2.32. The molecule has 11 heteroatoms. The summed E-state index contributed by atoms with van der Waals surface area (Å²) >= 11 is 5.95. The fourth-order valence-electron chi connectivity index (χ4n) is 2.91. The number of anilines is 1. The third-order valence-electron chi connectivity index (χ3n) is 4.47. The molecule has 0 atom stereocenters. The predicted molar refractivity (Wildman–Crippen MR) is 107 cm³/mol. The van der Waals surface area contributed by atoms with Crippen molar-refractivity contribution in [3.8, 4) is 0 Å². The fraction of sp³-hybridized carbons (Fsp3) is 0.316. The Balaban J connectivity index is 2.46. The number of hydrogen-bond donors (Lipinski definition) is 2. The number of alkyl halides is 3. The van der Waals surface area contributed by atoms with Gasteiger partial charge in [-0.3, -0.25) is 4.79 Å². The van der Waals surface area contributed by atoms with E-state index < -0.39 is 45.2 Å². The van der Waals surface area contributed by atoms with Gasteiger partial charge in [-0.15, -0.1) is 0 Å². The highest BCUT2D eigenvalue weighted by molar-refractivity contribution is 7.91. The molecule has 0 aliphatic carbocycles. The molecule has 2 aromatic rings. The molecule has 0 bridgehead atoms. The molecule has 2 aromatic carbocycles. The monoisotopic (exact) mass is 464 g/mol. The lowest BCUT2D eigenvalue weighted by Gasteiger charge is -2.22. The van der Waals surface area contributed by atoms with Crippen molar-refractivity contribution in [3.05, 3.63) is 57.6 Å². The number of rotatable bonds is 6. The van der Waals surface area contributed by atoms with E-state index in [1.807, 2.05) is 0 Å². The molecule has 2 rings (SSSR count). The van der Waals surface area contributed by atoms with E-state index in [1.54, 1.807) is 0 Å². The van der Waals surface area contributed by atoms with Gasteiger partial charge in [0.2, 0.25) is 0 Å². The standard InChI is InChI=1S/C19H20ClF3N2O4S/c1-3-30(28,29)17-5-4-13(20)6-11(17)9-25(2)18(27)14-8-15(19(21,22)23)12(10-26)7-16(14)24/h4-8,26H,3,9-10,24H2,1-2H3. The van der Waals surface area contributed by atoms with Crippen LogP contribution in [0.25, 0.3) is 0 Å². The van der Waals surface area contributed by atoms with Gasteiger partial charge < -0.3 is 15.7 Å². The van der Waals surface area contributed by atoms with Gasteiger partial charge in [0.05, 0.1) is 28.4 Å². The molecule has 0 saturated heterocycles. The van der Waals surface area contributed by atoms with Gasteiger partial charge in [0, 0.05) is 24.3 Å². The lowest BCUT2D eigenvalue weighted by molar-refractivity contribution is -0.138. The van der Waals surface area contributed by atoms with Crippen LogP contribution in [0.4, 0.5) is 18.9 Å². The van der Waals surface area contributed by atoms with E-state index >= 15 is 0 Å². The molecule has 0 saturated carbocycles. The van der Waals surface area contributed by atoms with Crippen LogP contribution in [0.2, 0.25) is 5.02 Å². The average molecular weight is 465 g/mol. The van der Waals surface area contributed by atoms with E-state index in [4.69, 9.17) is 17.3 Å². The molecule has 30 heavy (non-hydrogen) atoms. The molecule has 0 fully saturated rings. The zero-order chi connectivity index (χ0) is 22.9. The van der Waals surface area contributed by atoms with Crippen molar-refractivity contribution in [2.24, 2.45) is 0 Å². The van der Waals surface area contributed by atoms with E-state index in [9.17, 15) is 31.5 Å². The third kappa shape index (κ3) is 5.05. The normalized spacial score (nSPS) is 12.1. The number of benzene rings is 2. The third-order valence-corrected chi connectivity index (χ3v) is 6.54. The van der Waals surface area contributed by atoms with E-state index in [0.717, 1.165) is 11.0 Å². The molecular formula is C19H20ClF3N2O4S. The minimum Gasteiger partial charge on any atom is -0.398 e. The van der Waals surface area contributed by atoms with Crippen LogP contribution in [0.15, 0.2) is 35.2 Å². The van der Waals surface area contributed by atoms with E-state index in [-0.39, 0.29) is 33.5 Å². The Morgan fingerprint density at radius 2 is 1.83 bits per heavy atom.